The van der Waals surface area contributed by atoms with E-state index in [4.69, 9.17) is 10.5 Å². The molecule has 0 unspecified atom stereocenters. The summed E-state index contributed by atoms with van der Waals surface area (Å²) >= 11 is 0. The molecule has 4 amide bonds. The van der Waals surface area contributed by atoms with Crippen molar-refractivity contribution in [3.8, 4) is 0 Å². The number of anilines is 2. The number of hydrogen-bond acceptors (Lipinski definition) is 4. The van der Waals surface area contributed by atoms with Crippen LogP contribution in [0.5, 0.6) is 0 Å². The lowest BCUT2D eigenvalue weighted by atomic mass is 10.1. The van der Waals surface area contributed by atoms with E-state index in [1.807, 2.05) is 0 Å². The van der Waals surface area contributed by atoms with Crippen LogP contribution in [-0.2, 0) is 4.74 Å². The molecule has 2 rings (SSSR count). The third kappa shape index (κ3) is 3.89. The Morgan fingerprint density at radius 2 is 1.67 bits per heavy atom. The summed E-state index contributed by atoms with van der Waals surface area (Å²) in [5, 5.41) is 2.55. The first-order chi connectivity index (χ1) is 11.5. The molecule has 0 spiro atoms. The molecule has 0 fully saturated rings. The number of imide groups is 1. The molecule has 0 saturated heterocycles. The van der Waals surface area contributed by atoms with Crippen molar-refractivity contribution in [2.75, 3.05) is 16.8 Å². The minimum atomic E-state index is -1.01. The number of primary amides is 1. The van der Waals surface area contributed by atoms with E-state index in [0.717, 1.165) is 0 Å². The molecule has 0 aliphatic carbocycles. The van der Waals surface area contributed by atoms with Gasteiger partial charge in [-0.2, -0.15) is 0 Å². The van der Waals surface area contributed by atoms with E-state index in [9.17, 15) is 14.4 Å². The van der Waals surface area contributed by atoms with Gasteiger partial charge in [0.2, 0.25) is 0 Å². The number of ether oxygens (including phenoxy) is 1. The summed E-state index contributed by atoms with van der Waals surface area (Å²) in [6, 6.07) is 12.9. The summed E-state index contributed by atoms with van der Waals surface area (Å²) in [7, 11) is 0. The SMILES string of the molecule is CCOC(=O)c1ccccc1N(C(N)=O)C(=O)Nc1ccccc1. The molecule has 0 radical (unpaired) electrons. The number of carbonyl (C=O) groups is 3. The highest BCUT2D eigenvalue weighted by Gasteiger charge is 2.26. The fourth-order valence-corrected chi connectivity index (χ4v) is 2.08. The Hall–Kier alpha value is -3.35. The van der Waals surface area contributed by atoms with Crippen LogP contribution in [0.1, 0.15) is 17.3 Å². The van der Waals surface area contributed by atoms with Crippen molar-refractivity contribution in [3.05, 3.63) is 60.2 Å². The molecule has 0 saturated carbocycles. The number of urea groups is 2. The molecule has 124 valence electrons. The average molecular weight is 327 g/mol. The van der Waals surface area contributed by atoms with Crippen LogP contribution in [0.2, 0.25) is 0 Å². The zero-order valence-corrected chi connectivity index (χ0v) is 13.1. The molecule has 2 aromatic rings. The maximum absolute atomic E-state index is 12.4. The Morgan fingerprint density at radius 1 is 1.04 bits per heavy atom. The second-order valence-corrected chi connectivity index (χ2v) is 4.71. The number of hydrogen-bond donors (Lipinski definition) is 2. The van der Waals surface area contributed by atoms with Crippen LogP contribution >= 0.6 is 0 Å². The smallest absolute Gasteiger partial charge is 0.340 e. The molecular weight excluding hydrogens is 310 g/mol. The van der Waals surface area contributed by atoms with Gasteiger partial charge in [-0.1, -0.05) is 30.3 Å². The largest absolute Gasteiger partial charge is 0.462 e. The summed E-state index contributed by atoms with van der Waals surface area (Å²) in [6.07, 6.45) is 0. The van der Waals surface area contributed by atoms with Crippen LogP contribution in [0.3, 0.4) is 0 Å². The van der Waals surface area contributed by atoms with Gasteiger partial charge >= 0.3 is 18.0 Å². The quantitative estimate of drug-likeness (QED) is 0.843. The van der Waals surface area contributed by atoms with Gasteiger partial charge in [-0.05, 0) is 31.2 Å². The molecule has 7 nitrogen and oxygen atoms in total. The van der Waals surface area contributed by atoms with Gasteiger partial charge in [0.15, 0.2) is 0 Å². The third-order valence-electron chi connectivity index (χ3n) is 3.09. The number of para-hydroxylation sites is 2. The van der Waals surface area contributed by atoms with Crippen molar-refractivity contribution in [2.24, 2.45) is 5.73 Å². The first kappa shape index (κ1) is 17.0. The van der Waals surface area contributed by atoms with Crippen LogP contribution < -0.4 is 16.0 Å². The molecule has 0 atom stereocenters. The number of benzene rings is 2. The van der Waals surface area contributed by atoms with Crippen molar-refractivity contribution in [1.82, 2.24) is 0 Å². The predicted octanol–water partition coefficient (Wildman–Crippen LogP) is 2.98. The Kier molecular flexibility index (Phi) is 5.51. The minimum Gasteiger partial charge on any atom is -0.462 e. The van der Waals surface area contributed by atoms with Crippen molar-refractivity contribution < 1.29 is 19.1 Å². The molecule has 24 heavy (non-hydrogen) atoms. The zero-order valence-electron chi connectivity index (χ0n) is 13.1. The number of nitrogens with zero attached hydrogens (tertiary/aromatic N) is 1. The number of amides is 4. The van der Waals surface area contributed by atoms with E-state index in [1.165, 1.54) is 12.1 Å². The molecule has 3 N–H and O–H groups in total. The summed E-state index contributed by atoms with van der Waals surface area (Å²) < 4.78 is 4.95. The maximum Gasteiger partial charge on any atom is 0.340 e. The first-order valence-electron chi connectivity index (χ1n) is 7.26. The third-order valence-corrected chi connectivity index (χ3v) is 3.09. The Morgan fingerprint density at radius 3 is 2.29 bits per heavy atom. The van der Waals surface area contributed by atoms with Gasteiger partial charge < -0.3 is 15.8 Å². The summed E-state index contributed by atoms with van der Waals surface area (Å²) in [4.78, 5) is 37.0. The topological polar surface area (TPSA) is 102 Å². The van der Waals surface area contributed by atoms with E-state index in [1.54, 1.807) is 49.4 Å². The van der Waals surface area contributed by atoms with Gasteiger partial charge in [0.05, 0.1) is 17.9 Å². The number of rotatable bonds is 4. The fourth-order valence-electron chi connectivity index (χ4n) is 2.08. The maximum atomic E-state index is 12.4. The van der Waals surface area contributed by atoms with Crippen LogP contribution in [0.25, 0.3) is 0 Å². The second kappa shape index (κ2) is 7.77. The molecule has 7 heteroatoms. The van der Waals surface area contributed by atoms with Gasteiger partial charge in [-0.15, -0.1) is 0 Å². The van der Waals surface area contributed by atoms with Crippen LogP contribution in [0, 0.1) is 0 Å². The number of esters is 1. The Balaban J connectivity index is 2.36. The highest BCUT2D eigenvalue weighted by atomic mass is 16.5. The Labute approximate surface area is 139 Å². The lowest BCUT2D eigenvalue weighted by Gasteiger charge is -2.21. The molecule has 0 bridgehead atoms. The fraction of sp³-hybridized carbons (Fsp3) is 0.118. The van der Waals surface area contributed by atoms with Gasteiger partial charge in [0, 0.05) is 5.69 Å². The Bertz CT molecular complexity index is 747. The van der Waals surface area contributed by atoms with Crippen LogP contribution in [-0.4, -0.2) is 24.6 Å². The number of nitrogens with two attached hydrogens (primary N) is 1. The molecule has 0 aliphatic heterocycles. The van der Waals surface area contributed by atoms with Gasteiger partial charge in [0.25, 0.3) is 0 Å². The molecule has 2 aromatic carbocycles. The van der Waals surface area contributed by atoms with Gasteiger partial charge in [-0.3, -0.25) is 0 Å². The van der Waals surface area contributed by atoms with E-state index < -0.39 is 18.0 Å². The summed E-state index contributed by atoms with van der Waals surface area (Å²) in [5.74, 6) is -0.646. The average Bonchev–Trinajstić information content (AvgIpc) is 2.56. The normalized spacial score (nSPS) is 9.88. The number of carbonyl (C=O) groups excluding carboxylic acids is 3. The monoisotopic (exact) mass is 327 g/mol. The summed E-state index contributed by atoms with van der Waals surface area (Å²) in [6.45, 7) is 1.83. The highest BCUT2D eigenvalue weighted by Crippen LogP contribution is 2.22. The van der Waals surface area contributed by atoms with Crippen LogP contribution in [0.4, 0.5) is 21.0 Å². The highest BCUT2D eigenvalue weighted by molar-refractivity contribution is 6.19. The first-order valence-corrected chi connectivity index (χ1v) is 7.26. The van der Waals surface area contributed by atoms with Crippen molar-refractivity contribution in [1.29, 1.82) is 0 Å². The molecule has 0 aromatic heterocycles. The van der Waals surface area contributed by atoms with Crippen molar-refractivity contribution in [3.63, 3.8) is 0 Å². The minimum absolute atomic E-state index is 0.0527. The van der Waals surface area contributed by atoms with Gasteiger partial charge in [0.1, 0.15) is 0 Å². The molecule has 0 heterocycles. The van der Waals surface area contributed by atoms with Crippen LogP contribution in [0.15, 0.2) is 54.6 Å². The lowest BCUT2D eigenvalue weighted by molar-refractivity contribution is 0.0527. The van der Waals surface area contributed by atoms with E-state index in [2.05, 4.69) is 5.32 Å². The predicted molar refractivity (Wildman–Crippen MR) is 89.9 cm³/mol. The standard InChI is InChI=1S/C17H17N3O4/c1-2-24-15(21)13-10-6-7-11-14(13)20(16(18)22)17(23)19-12-8-4-3-5-9-12/h3-11H,2H2,1H3,(H2,18,22)(H,19,23). The summed E-state index contributed by atoms with van der Waals surface area (Å²) in [5.41, 5.74) is 5.95. The zero-order chi connectivity index (χ0) is 17.5. The van der Waals surface area contributed by atoms with E-state index in [-0.39, 0.29) is 17.9 Å². The van der Waals surface area contributed by atoms with E-state index in [0.29, 0.717) is 10.6 Å². The van der Waals surface area contributed by atoms with Crippen molar-refractivity contribution >= 4 is 29.4 Å². The molecule has 0 aliphatic rings. The lowest BCUT2D eigenvalue weighted by Crippen LogP contribution is -2.44. The molecular formula is C17H17N3O4. The van der Waals surface area contributed by atoms with Gasteiger partial charge in [-0.25, -0.2) is 19.3 Å². The second-order valence-electron chi connectivity index (χ2n) is 4.71. The van der Waals surface area contributed by atoms with E-state index >= 15 is 0 Å². The number of nitrogens with one attached hydrogen (secondary N) is 1. The van der Waals surface area contributed by atoms with Crippen molar-refractivity contribution in [2.45, 2.75) is 6.92 Å².